The predicted octanol–water partition coefficient (Wildman–Crippen LogP) is 1.58. The SMILES string of the molecule is O=C(O)[C@@H]1C2C=CC(C2)[C@@H]1C(=O)NCCOC1CCCC1. The van der Waals surface area contributed by atoms with Crippen molar-refractivity contribution < 1.29 is 19.4 Å². The van der Waals surface area contributed by atoms with Gasteiger partial charge in [-0.25, -0.2) is 0 Å². The Labute approximate surface area is 124 Å². The largest absolute Gasteiger partial charge is 0.481 e. The molecule has 4 atom stereocenters. The van der Waals surface area contributed by atoms with E-state index in [2.05, 4.69) is 5.32 Å². The summed E-state index contributed by atoms with van der Waals surface area (Å²) in [6.07, 6.45) is 9.80. The summed E-state index contributed by atoms with van der Waals surface area (Å²) in [5.74, 6) is -1.84. The van der Waals surface area contributed by atoms with E-state index in [1.165, 1.54) is 12.8 Å². The molecule has 2 saturated carbocycles. The number of fused-ring (bicyclic) bond motifs is 2. The average molecular weight is 293 g/mol. The number of ether oxygens (including phenoxy) is 1. The zero-order valence-electron chi connectivity index (χ0n) is 12.2. The van der Waals surface area contributed by atoms with Gasteiger partial charge in [0.25, 0.3) is 0 Å². The molecule has 0 aromatic heterocycles. The van der Waals surface area contributed by atoms with Crippen LogP contribution in [0.1, 0.15) is 32.1 Å². The third-order valence-electron chi connectivity index (χ3n) is 5.10. The van der Waals surface area contributed by atoms with Gasteiger partial charge >= 0.3 is 5.97 Å². The molecule has 2 N–H and O–H groups in total. The molecule has 2 bridgehead atoms. The first kappa shape index (κ1) is 14.6. The lowest BCUT2D eigenvalue weighted by Crippen LogP contribution is -2.41. The second-order valence-corrected chi connectivity index (χ2v) is 6.41. The first-order chi connectivity index (χ1) is 10.2. The molecule has 116 valence electrons. The lowest BCUT2D eigenvalue weighted by Gasteiger charge is -2.24. The zero-order chi connectivity index (χ0) is 14.8. The smallest absolute Gasteiger partial charge is 0.307 e. The van der Waals surface area contributed by atoms with Gasteiger partial charge in [-0.05, 0) is 31.1 Å². The number of amides is 1. The summed E-state index contributed by atoms with van der Waals surface area (Å²) in [6.45, 7) is 0.990. The fourth-order valence-corrected chi connectivity index (χ4v) is 4.09. The molecule has 21 heavy (non-hydrogen) atoms. The summed E-state index contributed by atoms with van der Waals surface area (Å²) < 4.78 is 5.71. The van der Waals surface area contributed by atoms with E-state index in [9.17, 15) is 14.7 Å². The van der Waals surface area contributed by atoms with Crippen LogP contribution >= 0.6 is 0 Å². The van der Waals surface area contributed by atoms with Crippen molar-refractivity contribution in [1.29, 1.82) is 0 Å². The van der Waals surface area contributed by atoms with Crippen molar-refractivity contribution in [3.05, 3.63) is 12.2 Å². The standard InChI is InChI=1S/C16H23NO4/c18-15(17-7-8-21-12-3-1-2-4-12)13-10-5-6-11(9-10)14(13)16(19)20/h5-6,10-14H,1-4,7-9H2,(H,17,18)(H,19,20)/t10?,11?,13-,14+/m0/s1. The minimum absolute atomic E-state index is 0.0259. The number of rotatable bonds is 6. The van der Waals surface area contributed by atoms with Crippen LogP contribution in [-0.4, -0.2) is 36.2 Å². The number of carbonyl (C=O) groups excluding carboxylic acids is 1. The summed E-state index contributed by atoms with van der Waals surface area (Å²) in [7, 11) is 0. The number of nitrogens with one attached hydrogen (secondary N) is 1. The third-order valence-corrected chi connectivity index (χ3v) is 5.10. The van der Waals surface area contributed by atoms with Gasteiger partial charge in [-0.3, -0.25) is 9.59 Å². The summed E-state index contributed by atoms with van der Waals surface area (Å²) in [5, 5.41) is 12.2. The maximum absolute atomic E-state index is 12.3. The first-order valence-electron chi connectivity index (χ1n) is 7.97. The molecule has 0 radical (unpaired) electrons. The van der Waals surface area contributed by atoms with Crippen LogP contribution in [0.3, 0.4) is 0 Å². The molecular weight excluding hydrogens is 270 g/mol. The Hall–Kier alpha value is -1.36. The van der Waals surface area contributed by atoms with E-state index in [0.717, 1.165) is 19.3 Å². The molecule has 3 aliphatic rings. The van der Waals surface area contributed by atoms with Crippen LogP contribution in [0.5, 0.6) is 0 Å². The van der Waals surface area contributed by atoms with Crippen molar-refractivity contribution >= 4 is 11.9 Å². The summed E-state index contributed by atoms with van der Waals surface area (Å²) in [4.78, 5) is 23.7. The number of carboxylic acid groups (broad SMARTS) is 1. The number of allylic oxidation sites excluding steroid dienone is 2. The van der Waals surface area contributed by atoms with Crippen LogP contribution in [0.2, 0.25) is 0 Å². The minimum atomic E-state index is -0.853. The van der Waals surface area contributed by atoms with Crippen LogP contribution in [0.25, 0.3) is 0 Å². The second-order valence-electron chi connectivity index (χ2n) is 6.41. The Kier molecular flexibility index (Phi) is 4.29. The molecule has 0 heterocycles. The third kappa shape index (κ3) is 2.98. The molecule has 5 heteroatoms. The lowest BCUT2D eigenvalue weighted by atomic mass is 9.82. The van der Waals surface area contributed by atoms with Gasteiger partial charge in [-0.1, -0.05) is 25.0 Å². The van der Waals surface area contributed by atoms with E-state index in [4.69, 9.17) is 4.74 Å². The van der Waals surface area contributed by atoms with Gasteiger partial charge in [0.1, 0.15) is 0 Å². The molecule has 0 aromatic rings. The number of carboxylic acids is 1. The number of hydrogen-bond donors (Lipinski definition) is 2. The van der Waals surface area contributed by atoms with E-state index < -0.39 is 17.8 Å². The molecule has 0 saturated heterocycles. The maximum Gasteiger partial charge on any atom is 0.307 e. The second kappa shape index (κ2) is 6.18. The van der Waals surface area contributed by atoms with Crippen LogP contribution < -0.4 is 5.32 Å². The highest BCUT2D eigenvalue weighted by Crippen LogP contribution is 2.48. The van der Waals surface area contributed by atoms with Crippen molar-refractivity contribution in [1.82, 2.24) is 5.32 Å². The van der Waals surface area contributed by atoms with Crippen LogP contribution in [0.15, 0.2) is 12.2 Å². The Balaban J connectivity index is 1.46. The quantitative estimate of drug-likeness (QED) is 0.576. The lowest BCUT2D eigenvalue weighted by molar-refractivity contribution is -0.147. The van der Waals surface area contributed by atoms with Crippen LogP contribution in [0.4, 0.5) is 0 Å². The average Bonchev–Trinajstić information content (AvgIpc) is 3.18. The Bertz CT molecular complexity index is 442. The molecule has 0 aromatic carbocycles. The van der Waals surface area contributed by atoms with E-state index >= 15 is 0 Å². The molecule has 3 aliphatic carbocycles. The molecule has 2 fully saturated rings. The molecule has 3 rings (SSSR count). The molecule has 0 aliphatic heterocycles. The monoisotopic (exact) mass is 293 g/mol. The summed E-state index contributed by atoms with van der Waals surface area (Å²) in [5.41, 5.74) is 0. The topological polar surface area (TPSA) is 75.6 Å². The highest BCUT2D eigenvalue weighted by atomic mass is 16.5. The predicted molar refractivity (Wildman–Crippen MR) is 76.6 cm³/mol. The Morgan fingerprint density at radius 2 is 1.81 bits per heavy atom. The normalized spacial score (nSPS) is 34.5. The van der Waals surface area contributed by atoms with Gasteiger partial charge in [0, 0.05) is 6.54 Å². The summed E-state index contributed by atoms with van der Waals surface area (Å²) in [6, 6.07) is 0. The van der Waals surface area contributed by atoms with Gasteiger partial charge in [0.2, 0.25) is 5.91 Å². The van der Waals surface area contributed by atoms with E-state index in [0.29, 0.717) is 19.3 Å². The minimum Gasteiger partial charge on any atom is -0.481 e. The highest BCUT2D eigenvalue weighted by molar-refractivity contribution is 5.86. The van der Waals surface area contributed by atoms with E-state index in [1.807, 2.05) is 12.2 Å². The number of hydrogen-bond acceptors (Lipinski definition) is 3. The van der Waals surface area contributed by atoms with Crippen molar-refractivity contribution in [3.63, 3.8) is 0 Å². The Morgan fingerprint density at radius 3 is 2.48 bits per heavy atom. The first-order valence-corrected chi connectivity index (χ1v) is 7.97. The maximum atomic E-state index is 12.3. The molecule has 0 spiro atoms. The number of carbonyl (C=O) groups is 2. The number of aliphatic carboxylic acids is 1. The molecule has 2 unspecified atom stereocenters. The van der Waals surface area contributed by atoms with Crippen molar-refractivity contribution in [3.8, 4) is 0 Å². The van der Waals surface area contributed by atoms with Gasteiger partial charge in [0.15, 0.2) is 0 Å². The summed E-state index contributed by atoms with van der Waals surface area (Å²) >= 11 is 0. The van der Waals surface area contributed by atoms with Crippen LogP contribution in [-0.2, 0) is 14.3 Å². The molecular formula is C16H23NO4. The van der Waals surface area contributed by atoms with Gasteiger partial charge in [0.05, 0.1) is 24.5 Å². The fraction of sp³-hybridized carbons (Fsp3) is 0.750. The van der Waals surface area contributed by atoms with Crippen LogP contribution in [0, 0.1) is 23.7 Å². The Morgan fingerprint density at radius 1 is 1.14 bits per heavy atom. The molecule has 1 amide bonds. The van der Waals surface area contributed by atoms with Gasteiger partial charge < -0.3 is 15.2 Å². The van der Waals surface area contributed by atoms with Gasteiger partial charge in [-0.15, -0.1) is 0 Å². The highest BCUT2D eigenvalue weighted by Gasteiger charge is 2.51. The fourth-order valence-electron chi connectivity index (χ4n) is 4.09. The van der Waals surface area contributed by atoms with Crippen molar-refractivity contribution in [2.24, 2.45) is 23.7 Å². The van der Waals surface area contributed by atoms with Gasteiger partial charge in [-0.2, -0.15) is 0 Å². The van der Waals surface area contributed by atoms with Crippen molar-refractivity contribution in [2.75, 3.05) is 13.2 Å². The molecule has 5 nitrogen and oxygen atoms in total. The van der Waals surface area contributed by atoms with Crippen molar-refractivity contribution in [2.45, 2.75) is 38.2 Å². The van der Waals surface area contributed by atoms with E-state index in [1.54, 1.807) is 0 Å². The van der Waals surface area contributed by atoms with E-state index in [-0.39, 0.29) is 17.7 Å². The zero-order valence-corrected chi connectivity index (χ0v) is 12.2.